The standard InChI is InChI=1S/C11H10N4O3/c12-9-4-3-8(6-10(9)15(17)18)7-14-11(16)2-1-5-13-14/h1-6H,7,12H2. The lowest BCUT2D eigenvalue weighted by atomic mass is 10.2. The summed E-state index contributed by atoms with van der Waals surface area (Å²) in [5, 5.41) is 14.6. The van der Waals surface area contributed by atoms with Crippen LogP contribution in [-0.2, 0) is 6.54 Å². The number of nitrogens with two attached hydrogens (primary N) is 1. The van der Waals surface area contributed by atoms with Crippen molar-refractivity contribution in [1.29, 1.82) is 0 Å². The van der Waals surface area contributed by atoms with Crippen molar-refractivity contribution in [3.05, 3.63) is 62.6 Å². The van der Waals surface area contributed by atoms with Gasteiger partial charge in [-0.3, -0.25) is 14.9 Å². The molecule has 2 N–H and O–H groups in total. The van der Waals surface area contributed by atoms with Gasteiger partial charge in [0.15, 0.2) is 0 Å². The van der Waals surface area contributed by atoms with Crippen molar-refractivity contribution in [2.24, 2.45) is 0 Å². The minimum atomic E-state index is -0.556. The molecule has 18 heavy (non-hydrogen) atoms. The van der Waals surface area contributed by atoms with Gasteiger partial charge in [-0.2, -0.15) is 5.10 Å². The normalized spacial score (nSPS) is 10.2. The van der Waals surface area contributed by atoms with Gasteiger partial charge in [-0.05, 0) is 17.7 Å². The molecule has 0 aliphatic carbocycles. The number of nitro groups is 1. The second kappa shape index (κ2) is 4.66. The van der Waals surface area contributed by atoms with Crippen molar-refractivity contribution in [1.82, 2.24) is 9.78 Å². The molecule has 1 heterocycles. The minimum absolute atomic E-state index is 0.0946. The Morgan fingerprint density at radius 2 is 2.17 bits per heavy atom. The van der Waals surface area contributed by atoms with Crippen LogP contribution in [0, 0.1) is 10.1 Å². The number of rotatable bonds is 3. The van der Waals surface area contributed by atoms with Crippen molar-refractivity contribution in [3.63, 3.8) is 0 Å². The summed E-state index contributed by atoms with van der Waals surface area (Å²) in [6, 6.07) is 7.32. The molecule has 0 amide bonds. The molecule has 0 fully saturated rings. The minimum Gasteiger partial charge on any atom is -0.393 e. The number of nitrogen functional groups attached to an aromatic ring is 1. The first-order valence-corrected chi connectivity index (χ1v) is 5.13. The fourth-order valence-electron chi connectivity index (χ4n) is 1.52. The van der Waals surface area contributed by atoms with Gasteiger partial charge in [-0.15, -0.1) is 0 Å². The average Bonchev–Trinajstić information content (AvgIpc) is 2.34. The van der Waals surface area contributed by atoms with E-state index in [4.69, 9.17) is 5.73 Å². The highest BCUT2D eigenvalue weighted by molar-refractivity contribution is 5.59. The van der Waals surface area contributed by atoms with E-state index in [-0.39, 0.29) is 23.5 Å². The van der Waals surface area contributed by atoms with Gasteiger partial charge in [-0.1, -0.05) is 6.07 Å². The lowest BCUT2D eigenvalue weighted by Crippen LogP contribution is -2.21. The Bertz CT molecular complexity index is 651. The summed E-state index contributed by atoms with van der Waals surface area (Å²) < 4.78 is 1.22. The predicted octanol–water partition coefficient (Wildman–Crippen LogP) is 0.782. The van der Waals surface area contributed by atoms with Gasteiger partial charge < -0.3 is 5.73 Å². The van der Waals surface area contributed by atoms with E-state index in [1.165, 1.54) is 35.1 Å². The van der Waals surface area contributed by atoms with Crippen molar-refractivity contribution in [2.45, 2.75) is 6.54 Å². The third kappa shape index (κ3) is 2.34. The number of hydrogen-bond acceptors (Lipinski definition) is 5. The molecule has 0 unspecified atom stereocenters. The Labute approximate surface area is 102 Å². The first-order valence-electron chi connectivity index (χ1n) is 5.13. The van der Waals surface area contributed by atoms with Gasteiger partial charge in [0.1, 0.15) is 5.69 Å². The van der Waals surface area contributed by atoms with E-state index < -0.39 is 4.92 Å². The maximum Gasteiger partial charge on any atom is 0.292 e. The Balaban J connectivity index is 2.36. The molecular weight excluding hydrogens is 236 g/mol. The van der Waals surface area contributed by atoms with Gasteiger partial charge in [0, 0.05) is 18.3 Å². The lowest BCUT2D eigenvalue weighted by Gasteiger charge is -2.04. The molecule has 0 radical (unpaired) electrons. The van der Waals surface area contributed by atoms with Crippen LogP contribution in [0.4, 0.5) is 11.4 Å². The van der Waals surface area contributed by atoms with Crippen LogP contribution in [0.5, 0.6) is 0 Å². The number of benzene rings is 1. The van der Waals surface area contributed by atoms with Crippen LogP contribution in [0.3, 0.4) is 0 Å². The molecule has 2 aromatic rings. The highest BCUT2D eigenvalue weighted by Gasteiger charge is 2.12. The van der Waals surface area contributed by atoms with Crippen LogP contribution < -0.4 is 11.3 Å². The third-order valence-corrected chi connectivity index (χ3v) is 2.41. The van der Waals surface area contributed by atoms with Crippen molar-refractivity contribution >= 4 is 11.4 Å². The second-order valence-corrected chi connectivity index (χ2v) is 3.67. The maximum atomic E-state index is 11.5. The van der Waals surface area contributed by atoms with E-state index in [9.17, 15) is 14.9 Å². The molecule has 0 spiro atoms. The van der Waals surface area contributed by atoms with Crippen LogP contribution in [0.2, 0.25) is 0 Å². The number of nitro benzene ring substituents is 1. The van der Waals surface area contributed by atoms with E-state index in [1.807, 2.05) is 0 Å². The van der Waals surface area contributed by atoms with E-state index in [0.29, 0.717) is 5.56 Å². The molecule has 0 atom stereocenters. The lowest BCUT2D eigenvalue weighted by molar-refractivity contribution is -0.384. The highest BCUT2D eigenvalue weighted by atomic mass is 16.6. The summed E-state index contributed by atoms with van der Waals surface area (Å²) in [6.07, 6.45) is 1.48. The van der Waals surface area contributed by atoms with Gasteiger partial charge in [-0.25, -0.2) is 4.68 Å². The zero-order valence-electron chi connectivity index (χ0n) is 9.31. The summed E-state index contributed by atoms with van der Waals surface area (Å²) in [6.45, 7) is 0.167. The quantitative estimate of drug-likeness (QED) is 0.489. The Kier molecular flexibility index (Phi) is 3.05. The number of nitrogens with zero attached hydrogens (tertiary/aromatic N) is 3. The predicted molar refractivity (Wildman–Crippen MR) is 65.1 cm³/mol. The monoisotopic (exact) mass is 246 g/mol. The molecular formula is C11H10N4O3. The Morgan fingerprint density at radius 3 is 2.83 bits per heavy atom. The Hall–Kier alpha value is -2.70. The molecule has 0 saturated heterocycles. The van der Waals surface area contributed by atoms with Gasteiger partial charge in [0.25, 0.3) is 11.2 Å². The summed E-state index contributed by atoms with van der Waals surface area (Å²) >= 11 is 0. The first-order chi connectivity index (χ1) is 8.58. The molecule has 1 aromatic heterocycles. The smallest absolute Gasteiger partial charge is 0.292 e. The zero-order chi connectivity index (χ0) is 13.1. The number of aromatic nitrogens is 2. The molecule has 2 rings (SSSR count). The number of hydrogen-bond donors (Lipinski definition) is 1. The number of anilines is 1. The Morgan fingerprint density at radius 1 is 1.39 bits per heavy atom. The van der Waals surface area contributed by atoms with Crippen LogP contribution in [0.25, 0.3) is 0 Å². The molecule has 7 heteroatoms. The van der Waals surface area contributed by atoms with Crippen molar-refractivity contribution in [3.8, 4) is 0 Å². The molecule has 0 bridgehead atoms. The van der Waals surface area contributed by atoms with Crippen LogP contribution >= 0.6 is 0 Å². The topological polar surface area (TPSA) is 104 Å². The zero-order valence-corrected chi connectivity index (χ0v) is 9.31. The molecule has 0 aliphatic rings. The van der Waals surface area contributed by atoms with Crippen LogP contribution in [0.1, 0.15) is 5.56 Å². The second-order valence-electron chi connectivity index (χ2n) is 3.67. The van der Waals surface area contributed by atoms with E-state index >= 15 is 0 Å². The maximum absolute atomic E-state index is 11.5. The highest BCUT2D eigenvalue weighted by Crippen LogP contribution is 2.22. The summed E-state index contributed by atoms with van der Waals surface area (Å²) in [5.41, 5.74) is 5.74. The van der Waals surface area contributed by atoms with Gasteiger partial charge >= 0.3 is 0 Å². The third-order valence-electron chi connectivity index (χ3n) is 2.41. The molecule has 7 nitrogen and oxygen atoms in total. The SMILES string of the molecule is Nc1ccc(Cn2ncccc2=O)cc1[N+](=O)[O-]. The fourth-order valence-corrected chi connectivity index (χ4v) is 1.52. The molecule has 0 saturated carbocycles. The largest absolute Gasteiger partial charge is 0.393 e. The molecule has 0 aliphatic heterocycles. The van der Waals surface area contributed by atoms with E-state index in [2.05, 4.69) is 5.10 Å². The summed E-state index contributed by atoms with van der Waals surface area (Å²) in [7, 11) is 0. The summed E-state index contributed by atoms with van der Waals surface area (Å²) in [4.78, 5) is 21.6. The fraction of sp³-hybridized carbons (Fsp3) is 0.0909. The van der Waals surface area contributed by atoms with Crippen molar-refractivity contribution in [2.75, 3.05) is 5.73 Å². The van der Waals surface area contributed by atoms with Crippen LogP contribution in [-0.4, -0.2) is 14.7 Å². The van der Waals surface area contributed by atoms with Crippen LogP contribution in [0.15, 0.2) is 41.3 Å². The average molecular weight is 246 g/mol. The van der Waals surface area contributed by atoms with Gasteiger partial charge in [0.05, 0.1) is 11.5 Å². The first kappa shape index (κ1) is 11.8. The van der Waals surface area contributed by atoms with E-state index in [1.54, 1.807) is 6.07 Å². The summed E-state index contributed by atoms with van der Waals surface area (Å²) in [5.74, 6) is 0. The van der Waals surface area contributed by atoms with E-state index in [0.717, 1.165) is 0 Å². The van der Waals surface area contributed by atoms with Gasteiger partial charge in [0.2, 0.25) is 0 Å². The van der Waals surface area contributed by atoms with Crippen molar-refractivity contribution < 1.29 is 4.92 Å². The molecule has 92 valence electrons. The molecule has 1 aromatic carbocycles.